The Morgan fingerprint density at radius 3 is 2.21 bits per heavy atom. The molecule has 0 aliphatic carbocycles. The van der Waals surface area contributed by atoms with E-state index < -0.39 is 59.4 Å². The number of carbonyl (C=O) groups excluding carboxylic acids is 6. The molecule has 6 rings (SSSR count). The third-order valence-electron chi connectivity index (χ3n) is 14.1. The number of nitrogens with two attached hydrogens (primary N) is 1. The van der Waals surface area contributed by atoms with Crippen molar-refractivity contribution in [2.75, 3.05) is 92.3 Å². The summed E-state index contributed by atoms with van der Waals surface area (Å²) in [5.41, 5.74) is 7.37. The van der Waals surface area contributed by atoms with Crippen molar-refractivity contribution in [2.24, 2.45) is 10.5 Å². The largest absolute Gasteiger partial charge is 0.467 e. The van der Waals surface area contributed by atoms with Crippen LogP contribution >= 0.6 is 0 Å². The maximum absolute atomic E-state index is 14.4. The number of hydrazone groups is 1. The van der Waals surface area contributed by atoms with Crippen LogP contribution in [0, 0.1) is 22.6 Å². The molecule has 2 aromatic carbocycles. The number of benzene rings is 2. The van der Waals surface area contributed by atoms with Crippen LogP contribution in [0.3, 0.4) is 0 Å². The van der Waals surface area contributed by atoms with Gasteiger partial charge in [-0.3, -0.25) is 33.8 Å². The number of anilines is 1. The van der Waals surface area contributed by atoms with Crippen molar-refractivity contribution in [2.45, 2.75) is 110 Å². The molecule has 82 heavy (non-hydrogen) atoms. The lowest BCUT2D eigenvalue weighted by Crippen LogP contribution is -2.59. The van der Waals surface area contributed by atoms with E-state index in [1.165, 1.54) is 45.4 Å². The van der Waals surface area contributed by atoms with E-state index in [0.717, 1.165) is 5.56 Å². The number of rotatable bonds is 27. The number of fused-ring (bicyclic) bond motifs is 5. The molecular formula is C57H78FN13O11. The summed E-state index contributed by atoms with van der Waals surface area (Å²) in [7, 11) is 3.19. The Hall–Kier alpha value is -7.63. The van der Waals surface area contributed by atoms with Crippen molar-refractivity contribution in [1.29, 1.82) is 5.26 Å². The molecular weight excluding hydrogens is 1060 g/mol. The van der Waals surface area contributed by atoms with Gasteiger partial charge in [-0.25, -0.2) is 14.4 Å². The highest BCUT2D eigenvalue weighted by atomic mass is 19.1. The minimum atomic E-state index is -0.941. The number of halogens is 1. The molecule has 1 fully saturated rings. The van der Waals surface area contributed by atoms with Crippen LogP contribution in [-0.4, -0.2) is 183 Å². The Labute approximate surface area is 478 Å². The first-order valence-electron chi connectivity index (χ1n) is 27.6. The average Bonchev–Trinajstić information content (AvgIpc) is 4.03. The summed E-state index contributed by atoms with van der Waals surface area (Å²) in [5.74, 6) is -2.83. The molecule has 6 amide bonds. The number of ether oxygens (including phenoxy) is 5. The van der Waals surface area contributed by atoms with Gasteiger partial charge in [-0.15, -0.1) is 0 Å². The first kappa shape index (κ1) is 63.6. The normalized spacial score (nSPS) is 18.9. The zero-order valence-corrected chi connectivity index (χ0v) is 48.0. The van der Waals surface area contributed by atoms with Crippen molar-refractivity contribution in [3.8, 4) is 11.9 Å². The highest BCUT2D eigenvalue weighted by Gasteiger charge is 2.46. The Morgan fingerprint density at radius 1 is 0.939 bits per heavy atom. The van der Waals surface area contributed by atoms with Crippen LogP contribution in [0.5, 0.6) is 5.88 Å². The maximum Gasteiger partial charge on any atom is 0.258 e. The van der Waals surface area contributed by atoms with Gasteiger partial charge in [0, 0.05) is 55.7 Å². The Morgan fingerprint density at radius 2 is 1.59 bits per heavy atom. The number of likely N-dealkylation sites (N-methyl/N-ethyl adjacent to an activating group) is 2. The molecule has 3 aliphatic rings. The number of allylic oxidation sites excluding steroid dienone is 1. The number of carbonyl (C=O) groups is 6. The highest BCUT2D eigenvalue weighted by molar-refractivity contribution is 6.01. The number of nitrogens with one attached hydrogen (secondary N) is 5. The summed E-state index contributed by atoms with van der Waals surface area (Å²) in [6.07, 6.45) is 2.93. The van der Waals surface area contributed by atoms with Crippen LogP contribution in [0.4, 0.5) is 10.2 Å². The zero-order chi connectivity index (χ0) is 59.5. The fourth-order valence-corrected chi connectivity index (χ4v) is 9.42. The molecule has 2 bridgehead atoms. The van der Waals surface area contributed by atoms with Gasteiger partial charge in [-0.05, 0) is 62.9 Å². The van der Waals surface area contributed by atoms with Gasteiger partial charge in [0.1, 0.15) is 35.8 Å². The van der Waals surface area contributed by atoms with Gasteiger partial charge in [0.05, 0.1) is 95.6 Å². The van der Waals surface area contributed by atoms with Crippen molar-refractivity contribution in [3.05, 3.63) is 88.6 Å². The van der Waals surface area contributed by atoms with Crippen LogP contribution in [0.2, 0.25) is 0 Å². The Bertz CT molecular complexity index is 2810. The smallest absolute Gasteiger partial charge is 0.258 e. The van der Waals surface area contributed by atoms with Crippen LogP contribution in [0.25, 0.3) is 5.57 Å². The quantitative estimate of drug-likeness (QED) is 0.0598. The van der Waals surface area contributed by atoms with E-state index in [4.69, 9.17) is 29.4 Å². The fraction of sp³-hybridized carbons (Fsp3) is 0.544. The van der Waals surface area contributed by atoms with Gasteiger partial charge in [0.15, 0.2) is 5.82 Å². The van der Waals surface area contributed by atoms with E-state index in [2.05, 4.69) is 47.7 Å². The average molecular weight is 1140 g/mol. The van der Waals surface area contributed by atoms with Crippen LogP contribution in [-0.2, 0) is 42.9 Å². The lowest BCUT2D eigenvalue weighted by molar-refractivity contribution is -0.144. The van der Waals surface area contributed by atoms with Crippen LogP contribution in [0.1, 0.15) is 107 Å². The lowest BCUT2D eigenvalue weighted by atomic mass is 9.85. The number of nitrogen functional groups attached to an aromatic ring is 1. The number of nitrogens with zero attached hydrogens (tertiary/aromatic N) is 7. The molecule has 7 atom stereocenters. The second-order valence-corrected chi connectivity index (χ2v) is 21.1. The van der Waals surface area contributed by atoms with Gasteiger partial charge in [0.25, 0.3) is 11.8 Å². The molecule has 0 spiro atoms. The van der Waals surface area contributed by atoms with Gasteiger partial charge in [-0.2, -0.15) is 10.4 Å². The van der Waals surface area contributed by atoms with E-state index in [0.29, 0.717) is 12.0 Å². The monoisotopic (exact) mass is 1140 g/mol. The summed E-state index contributed by atoms with van der Waals surface area (Å²) in [5, 5.41) is 31.0. The summed E-state index contributed by atoms with van der Waals surface area (Å²) in [6, 6.07) is 11.4. The van der Waals surface area contributed by atoms with Crippen molar-refractivity contribution in [1.82, 2.24) is 51.4 Å². The molecule has 4 heterocycles. The molecule has 24 nitrogen and oxygen atoms in total. The van der Waals surface area contributed by atoms with E-state index in [1.54, 1.807) is 27.9 Å². The van der Waals surface area contributed by atoms with Gasteiger partial charge >= 0.3 is 0 Å². The van der Waals surface area contributed by atoms with Gasteiger partial charge in [0.2, 0.25) is 29.5 Å². The summed E-state index contributed by atoms with van der Waals surface area (Å²) in [4.78, 5) is 92.8. The number of nitriles is 1. The summed E-state index contributed by atoms with van der Waals surface area (Å²) >= 11 is 0. The summed E-state index contributed by atoms with van der Waals surface area (Å²) < 4.78 is 42.8. The second kappa shape index (κ2) is 30.4. The van der Waals surface area contributed by atoms with Gasteiger partial charge in [-0.1, -0.05) is 58.0 Å². The van der Waals surface area contributed by atoms with Gasteiger partial charge < -0.3 is 65.8 Å². The number of amides is 6. The third-order valence-corrected chi connectivity index (χ3v) is 14.1. The topological polar surface area (TPSA) is 306 Å². The first-order chi connectivity index (χ1) is 39.2. The predicted molar refractivity (Wildman–Crippen MR) is 301 cm³/mol. The molecule has 7 N–H and O–H groups in total. The molecule has 25 heteroatoms. The standard InChI is InChI=1S/C57H78FN13O11/c1-9-42(37-13-11-10-12-14-37)66-53(75)44-30-39(34-70(44)56(77)50(57(4,5)6)68-52(74)35(2)61-7)65-48(73)18-22-79-24-26-81-28-27-80-25-23-78-21-17-47(72)62-19-20-71-45(31-59)49-43-32-63-51(60)54(67-43)82-36(3)41-29-38(58)15-16-40(41)55(76)69(8)46(49)33-64-71/h10-16,29,32-33,35-36,39,42,44,46,50,61H,9,17-28,30,34H2,1-8H3,(H2,60,63)(H,62,72)(H,65,73)(H,66,75)(H,68,74)/t35-,36+,39-,42+,44-,46?,50+/m0/s1. The number of likely N-dealkylation sites (tertiary alicyclic amines) is 1. The van der Waals surface area contributed by atoms with E-state index in [1.807, 2.05) is 58.0 Å². The fourth-order valence-electron chi connectivity index (χ4n) is 9.42. The number of hydrogen-bond acceptors (Lipinski definition) is 18. The molecule has 3 aromatic rings. The molecule has 0 saturated carbocycles. The second-order valence-electron chi connectivity index (χ2n) is 21.1. The van der Waals surface area contributed by atoms with Crippen LogP contribution in [0.15, 0.2) is 65.5 Å². The highest BCUT2D eigenvalue weighted by Crippen LogP contribution is 2.35. The van der Waals surface area contributed by atoms with E-state index in [-0.39, 0.29) is 156 Å². The predicted octanol–water partition coefficient (Wildman–Crippen LogP) is 2.78. The minimum absolute atomic E-state index is 0.0417. The number of aromatic nitrogens is 2. The zero-order valence-electron chi connectivity index (χ0n) is 48.0. The molecule has 444 valence electrons. The lowest BCUT2D eigenvalue weighted by Gasteiger charge is -2.36. The van der Waals surface area contributed by atoms with E-state index in [9.17, 15) is 38.4 Å². The summed E-state index contributed by atoms with van der Waals surface area (Å²) in [6.45, 7) is 13.0. The van der Waals surface area contributed by atoms with Crippen molar-refractivity contribution < 1.29 is 56.8 Å². The SMILES string of the molecule is CC[C@@H](NC(=O)[C@@H]1C[C@H](NC(=O)CCOCCOCCOCCOCCC(=O)NCCN2N=CC3C(=C2C#N)c2cnc(N)c(n2)O[C@H](C)c2cc(F)ccc2C(=O)N3C)CN1C(=O)[C@@H](NC(=O)[C@H](C)NC)C(C)(C)C)c1ccccc1. The van der Waals surface area contributed by atoms with Crippen molar-refractivity contribution >= 4 is 53.0 Å². The molecule has 1 saturated heterocycles. The maximum atomic E-state index is 14.4. The molecule has 3 aliphatic heterocycles. The van der Waals surface area contributed by atoms with E-state index >= 15 is 0 Å². The molecule has 1 unspecified atom stereocenters. The van der Waals surface area contributed by atoms with Crippen molar-refractivity contribution in [3.63, 3.8) is 0 Å². The molecule has 0 radical (unpaired) electrons. The first-order valence-corrected chi connectivity index (χ1v) is 27.6. The number of hydrogen-bond donors (Lipinski definition) is 6. The Balaban J connectivity index is 0.855. The van der Waals surface area contributed by atoms with Crippen LogP contribution < -0.4 is 37.1 Å². The minimum Gasteiger partial charge on any atom is -0.467 e. The molecule has 1 aromatic heterocycles. The Kier molecular flexibility index (Phi) is 23.6. The third kappa shape index (κ3) is 17.2.